The first-order valence-electron chi connectivity index (χ1n) is 9.36. The molecule has 7 heteroatoms. The minimum absolute atomic E-state index is 0.00556. The molecular formula is C19H30IN3O2Si. The SMILES string of the molecule is CC1NCCOC1c1cc(CI)c2ccn(COCC[Si](C)(C)C)c2n1. The first-order valence-corrected chi connectivity index (χ1v) is 14.6. The third-order valence-electron chi connectivity index (χ3n) is 4.82. The highest BCUT2D eigenvalue weighted by Crippen LogP contribution is 2.28. The molecule has 2 aromatic heterocycles. The largest absolute Gasteiger partial charge is 0.369 e. The molecule has 5 nitrogen and oxygen atoms in total. The maximum absolute atomic E-state index is 6.01. The highest BCUT2D eigenvalue weighted by Gasteiger charge is 2.26. The molecule has 1 N–H and O–H groups in total. The van der Waals surface area contributed by atoms with Gasteiger partial charge in [-0.2, -0.15) is 0 Å². The fourth-order valence-corrected chi connectivity index (χ4v) is 4.61. The minimum Gasteiger partial charge on any atom is -0.369 e. The Morgan fingerprint density at radius 2 is 2.23 bits per heavy atom. The van der Waals surface area contributed by atoms with Crippen LogP contribution in [0.3, 0.4) is 0 Å². The quantitative estimate of drug-likeness (QED) is 0.273. The van der Waals surface area contributed by atoms with Crippen molar-refractivity contribution in [1.29, 1.82) is 0 Å². The summed E-state index contributed by atoms with van der Waals surface area (Å²) < 4.78 is 15.1. The summed E-state index contributed by atoms with van der Waals surface area (Å²) >= 11 is 2.43. The molecule has 1 fully saturated rings. The van der Waals surface area contributed by atoms with Gasteiger partial charge in [-0.25, -0.2) is 4.98 Å². The van der Waals surface area contributed by atoms with Gasteiger partial charge in [-0.05, 0) is 30.7 Å². The molecule has 0 radical (unpaired) electrons. The number of aromatic nitrogens is 2. The van der Waals surface area contributed by atoms with Crippen LogP contribution in [-0.4, -0.2) is 43.4 Å². The maximum atomic E-state index is 6.01. The molecule has 144 valence electrons. The van der Waals surface area contributed by atoms with Gasteiger partial charge in [0.25, 0.3) is 0 Å². The van der Waals surface area contributed by atoms with Crippen molar-refractivity contribution in [1.82, 2.24) is 14.9 Å². The zero-order valence-electron chi connectivity index (χ0n) is 16.2. The number of hydrogen-bond donors (Lipinski definition) is 1. The van der Waals surface area contributed by atoms with Gasteiger partial charge < -0.3 is 19.4 Å². The summed E-state index contributed by atoms with van der Waals surface area (Å²) in [7, 11) is -1.06. The molecule has 0 amide bonds. The fraction of sp³-hybridized carbons (Fsp3) is 0.632. The molecule has 3 rings (SSSR count). The molecule has 1 aliphatic heterocycles. The Hall–Kier alpha value is -0.483. The van der Waals surface area contributed by atoms with E-state index in [1.807, 2.05) is 0 Å². The standard InChI is InChI=1S/C19H30IN3O2Si/c1-14-18(25-8-6-21-14)17-11-15(12-20)16-5-7-23(19(16)22-17)13-24-9-10-26(2,3)4/h5,7,11,14,18,21H,6,8-10,12-13H2,1-4H3. The Morgan fingerprint density at radius 1 is 1.42 bits per heavy atom. The van der Waals surface area contributed by atoms with E-state index >= 15 is 0 Å². The van der Waals surface area contributed by atoms with Gasteiger partial charge in [0.05, 0.1) is 12.3 Å². The molecule has 26 heavy (non-hydrogen) atoms. The number of fused-ring (bicyclic) bond motifs is 1. The van der Waals surface area contributed by atoms with Gasteiger partial charge in [0, 0.05) is 43.3 Å². The van der Waals surface area contributed by atoms with E-state index in [4.69, 9.17) is 14.5 Å². The molecule has 2 aromatic rings. The van der Waals surface area contributed by atoms with Crippen LogP contribution >= 0.6 is 22.6 Å². The Kier molecular flexibility index (Phi) is 6.76. The van der Waals surface area contributed by atoms with Crippen molar-refractivity contribution in [3.63, 3.8) is 0 Å². The van der Waals surface area contributed by atoms with Crippen LogP contribution in [0.1, 0.15) is 24.3 Å². The summed E-state index contributed by atoms with van der Waals surface area (Å²) in [6.45, 7) is 12.3. The van der Waals surface area contributed by atoms with Crippen LogP contribution in [0.15, 0.2) is 18.3 Å². The van der Waals surface area contributed by atoms with Gasteiger partial charge in [-0.1, -0.05) is 42.2 Å². The summed E-state index contributed by atoms with van der Waals surface area (Å²) in [5.74, 6) is 0. The van der Waals surface area contributed by atoms with Crippen LogP contribution in [0.2, 0.25) is 25.7 Å². The first kappa shape index (κ1) is 20.3. The van der Waals surface area contributed by atoms with Gasteiger partial charge in [-0.3, -0.25) is 0 Å². The lowest BCUT2D eigenvalue weighted by atomic mass is 10.0. The number of rotatable bonds is 7. The van der Waals surface area contributed by atoms with Crippen molar-refractivity contribution in [2.24, 2.45) is 0 Å². The Labute approximate surface area is 171 Å². The van der Waals surface area contributed by atoms with Crippen LogP contribution in [0.25, 0.3) is 11.0 Å². The predicted molar refractivity (Wildman–Crippen MR) is 118 cm³/mol. The first-order chi connectivity index (χ1) is 12.4. The molecule has 0 aromatic carbocycles. The van der Waals surface area contributed by atoms with Crippen LogP contribution in [0, 0.1) is 0 Å². The highest BCUT2D eigenvalue weighted by molar-refractivity contribution is 14.1. The molecule has 0 aliphatic carbocycles. The van der Waals surface area contributed by atoms with Gasteiger partial charge in [0.2, 0.25) is 0 Å². The van der Waals surface area contributed by atoms with Crippen LogP contribution in [-0.2, 0) is 20.6 Å². The molecule has 2 atom stereocenters. The van der Waals surface area contributed by atoms with E-state index in [0.29, 0.717) is 6.73 Å². The molecule has 0 bridgehead atoms. The number of ether oxygens (including phenoxy) is 2. The summed E-state index contributed by atoms with van der Waals surface area (Å²) in [4.78, 5) is 4.97. The summed E-state index contributed by atoms with van der Waals surface area (Å²) in [5, 5.41) is 4.70. The zero-order valence-corrected chi connectivity index (χ0v) is 19.4. The lowest BCUT2D eigenvalue weighted by Gasteiger charge is -2.30. The maximum Gasteiger partial charge on any atom is 0.142 e. The zero-order chi connectivity index (χ0) is 18.7. The molecule has 1 aliphatic rings. The summed E-state index contributed by atoms with van der Waals surface area (Å²) in [6.07, 6.45) is 2.10. The minimum atomic E-state index is -1.06. The Morgan fingerprint density at radius 3 is 2.92 bits per heavy atom. The predicted octanol–water partition coefficient (Wildman–Crippen LogP) is 4.33. The van der Waals surface area contributed by atoms with E-state index < -0.39 is 8.07 Å². The smallest absolute Gasteiger partial charge is 0.142 e. The molecule has 0 spiro atoms. The number of morpholine rings is 1. The molecular weight excluding hydrogens is 457 g/mol. The summed E-state index contributed by atoms with van der Waals surface area (Å²) in [5.41, 5.74) is 3.34. The second-order valence-electron chi connectivity index (χ2n) is 8.24. The van der Waals surface area contributed by atoms with E-state index in [1.54, 1.807) is 0 Å². The lowest BCUT2D eigenvalue weighted by molar-refractivity contribution is -0.00273. The average Bonchev–Trinajstić information content (AvgIpc) is 3.00. The van der Waals surface area contributed by atoms with Crippen molar-refractivity contribution in [3.05, 3.63) is 29.6 Å². The summed E-state index contributed by atoms with van der Waals surface area (Å²) in [6, 6.07) is 5.82. The van der Waals surface area contributed by atoms with Crippen molar-refractivity contribution in [3.8, 4) is 0 Å². The van der Waals surface area contributed by atoms with Crippen LogP contribution in [0.5, 0.6) is 0 Å². The van der Waals surface area contributed by atoms with Crippen LogP contribution in [0.4, 0.5) is 0 Å². The number of nitrogens with one attached hydrogen (secondary N) is 1. The van der Waals surface area contributed by atoms with Crippen LogP contribution < -0.4 is 5.32 Å². The number of hydrogen-bond acceptors (Lipinski definition) is 4. The second-order valence-corrected chi connectivity index (χ2v) is 14.6. The lowest BCUT2D eigenvalue weighted by Crippen LogP contribution is -2.41. The average molecular weight is 487 g/mol. The van der Waals surface area contributed by atoms with Gasteiger partial charge >= 0.3 is 0 Å². The molecule has 0 saturated carbocycles. The molecule has 1 saturated heterocycles. The topological polar surface area (TPSA) is 48.3 Å². The third kappa shape index (κ3) is 4.86. The number of halogens is 1. The van der Waals surface area contributed by atoms with E-state index in [-0.39, 0.29) is 12.1 Å². The van der Waals surface area contributed by atoms with E-state index in [9.17, 15) is 0 Å². The monoisotopic (exact) mass is 487 g/mol. The highest BCUT2D eigenvalue weighted by atomic mass is 127. The van der Waals surface area contributed by atoms with E-state index in [2.05, 4.69) is 77.4 Å². The van der Waals surface area contributed by atoms with Crippen molar-refractivity contribution in [2.75, 3.05) is 19.8 Å². The van der Waals surface area contributed by atoms with Crippen molar-refractivity contribution in [2.45, 2.75) is 55.9 Å². The van der Waals surface area contributed by atoms with Gasteiger partial charge in [0.1, 0.15) is 18.5 Å². The second kappa shape index (κ2) is 8.68. The van der Waals surface area contributed by atoms with Gasteiger partial charge in [-0.15, -0.1) is 0 Å². The number of alkyl halides is 1. The normalized spacial score (nSPS) is 21.4. The van der Waals surface area contributed by atoms with E-state index in [1.165, 1.54) is 17.0 Å². The fourth-order valence-electron chi connectivity index (χ4n) is 3.22. The number of nitrogens with zero attached hydrogens (tertiary/aromatic N) is 2. The van der Waals surface area contributed by atoms with E-state index in [0.717, 1.165) is 35.5 Å². The van der Waals surface area contributed by atoms with Gasteiger partial charge in [0.15, 0.2) is 0 Å². The Bertz CT molecular complexity index is 744. The van der Waals surface area contributed by atoms with Crippen molar-refractivity contribution >= 4 is 41.7 Å². The Balaban J connectivity index is 1.83. The third-order valence-corrected chi connectivity index (χ3v) is 7.35. The van der Waals surface area contributed by atoms with Crippen molar-refractivity contribution < 1.29 is 9.47 Å². The molecule has 2 unspecified atom stereocenters. The number of pyridine rings is 1. The molecule has 3 heterocycles.